The van der Waals surface area contributed by atoms with Crippen molar-refractivity contribution in [1.82, 2.24) is 9.97 Å². The predicted octanol–water partition coefficient (Wildman–Crippen LogP) is 1.66. The van der Waals surface area contributed by atoms with Crippen LogP contribution in [-0.4, -0.2) is 16.4 Å². The van der Waals surface area contributed by atoms with E-state index in [1.807, 2.05) is 0 Å². The Labute approximate surface area is 78.9 Å². The lowest BCUT2D eigenvalue weighted by molar-refractivity contribution is -0.105. The van der Waals surface area contributed by atoms with Crippen LogP contribution in [0, 0.1) is 6.92 Å². The van der Waals surface area contributed by atoms with Crippen molar-refractivity contribution in [3.05, 3.63) is 15.9 Å². The van der Waals surface area contributed by atoms with E-state index in [0.717, 1.165) is 0 Å². The molecule has 4 nitrogen and oxygen atoms in total. The number of halogens is 2. The van der Waals surface area contributed by atoms with E-state index >= 15 is 0 Å². The molecule has 0 aromatic carbocycles. The van der Waals surface area contributed by atoms with Gasteiger partial charge in [-0.1, -0.05) is 23.2 Å². The standard InChI is InChI=1S/C6H5Cl2N3O/c1-3-4(7)10-6(9-2-12)11-5(3)8/h2H,1H3,(H,9,10,11,12). The number of anilines is 1. The highest BCUT2D eigenvalue weighted by Crippen LogP contribution is 2.20. The monoisotopic (exact) mass is 205 g/mol. The molecule has 0 saturated heterocycles. The van der Waals surface area contributed by atoms with Crippen LogP contribution in [-0.2, 0) is 4.79 Å². The minimum atomic E-state index is 0.102. The molecule has 0 saturated carbocycles. The van der Waals surface area contributed by atoms with Gasteiger partial charge in [0.05, 0.1) is 0 Å². The molecule has 1 rings (SSSR count). The molecule has 0 fully saturated rings. The zero-order chi connectivity index (χ0) is 9.14. The third kappa shape index (κ3) is 1.84. The molecule has 0 aliphatic heterocycles. The molecule has 12 heavy (non-hydrogen) atoms. The van der Waals surface area contributed by atoms with Gasteiger partial charge in [-0.05, 0) is 6.92 Å². The first-order valence-electron chi connectivity index (χ1n) is 3.05. The van der Waals surface area contributed by atoms with Crippen molar-refractivity contribution < 1.29 is 4.79 Å². The lowest BCUT2D eigenvalue weighted by Crippen LogP contribution is -2.01. The maximum absolute atomic E-state index is 10.0. The Kier molecular flexibility index (Phi) is 2.83. The highest BCUT2D eigenvalue weighted by molar-refractivity contribution is 6.34. The summed E-state index contributed by atoms with van der Waals surface area (Å²) in [6.45, 7) is 1.69. The fourth-order valence-corrected chi connectivity index (χ4v) is 0.969. The number of carbonyl (C=O) groups is 1. The molecular weight excluding hydrogens is 201 g/mol. The first kappa shape index (κ1) is 9.22. The van der Waals surface area contributed by atoms with Gasteiger partial charge in [0.2, 0.25) is 12.4 Å². The fourth-order valence-electron chi connectivity index (χ4n) is 0.581. The fraction of sp³-hybridized carbons (Fsp3) is 0.167. The summed E-state index contributed by atoms with van der Waals surface area (Å²) < 4.78 is 0. The van der Waals surface area contributed by atoms with Crippen LogP contribution in [0.5, 0.6) is 0 Å². The summed E-state index contributed by atoms with van der Waals surface area (Å²) in [6.07, 6.45) is 0.456. The Morgan fingerprint density at radius 3 is 2.25 bits per heavy atom. The SMILES string of the molecule is Cc1c(Cl)nc(NC=O)nc1Cl. The Hall–Kier alpha value is -0.870. The number of hydrogen-bond donors (Lipinski definition) is 1. The third-order valence-corrected chi connectivity index (χ3v) is 1.95. The molecule has 0 radical (unpaired) electrons. The second-order valence-electron chi connectivity index (χ2n) is 2.02. The molecule has 6 heteroatoms. The summed E-state index contributed by atoms with van der Waals surface area (Å²) in [4.78, 5) is 17.5. The number of aromatic nitrogens is 2. The van der Waals surface area contributed by atoms with Crippen LogP contribution in [0.3, 0.4) is 0 Å². The van der Waals surface area contributed by atoms with Crippen molar-refractivity contribution in [3.8, 4) is 0 Å². The smallest absolute Gasteiger partial charge is 0.232 e. The second-order valence-corrected chi connectivity index (χ2v) is 2.73. The van der Waals surface area contributed by atoms with E-state index in [0.29, 0.717) is 12.0 Å². The lowest BCUT2D eigenvalue weighted by Gasteiger charge is -2.01. The highest BCUT2D eigenvalue weighted by Gasteiger charge is 2.05. The third-order valence-electron chi connectivity index (χ3n) is 1.22. The molecular formula is C6H5Cl2N3O. The van der Waals surface area contributed by atoms with Crippen molar-refractivity contribution >= 4 is 35.6 Å². The molecule has 1 heterocycles. The van der Waals surface area contributed by atoms with Crippen molar-refractivity contribution in [3.63, 3.8) is 0 Å². The molecule has 0 bridgehead atoms. The minimum absolute atomic E-state index is 0.102. The van der Waals surface area contributed by atoms with Gasteiger partial charge in [0.25, 0.3) is 0 Å². The summed E-state index contributed by atoms with van der Waals surface area (Å²) in [5.41, 5.74) is 0.592. The maximum Gasteiger partial charge on any atom is 0.232 e. The van der Waals surface area contributed by atoms with Gasteiger partial charge in [-0.15, -0.1) is 0 Å². The van der Waals surface area contributed by atoms with Crippen LogP contribution in [0.2, 0.25) is 10.3 Å². The molecule has 1 aromatic heterocycles. The Bertz CT molecular complexity index is 293. The van der Waals surface area contributed by atoms with Gasteiger partial charge < -0.3 is 0 Å². The molecule has 1 N–H and O–H groups in total. The molecule has 0 spiro atoms. The van der Waals surface area contributed by atoms with E-state index in [9.17, 15) is 4.79 Å². The van der Waals surface area contributed by atoms with Crippen LogP contribution in [0.25, 0.3) is 0 Å². The molecule has 0 atom stereocenters. The van der Waals surface area contributed by atoms with Gasteiger partial charge in [-0.25, -0.2) is 9.97 Å². The largest absolute Gasteiger partial charge is 0.297 e. The van der Waals surface area contributed by atoms with Crippen LogP contribution < -0.4 is 5.32 Å². The predicted molar refractivity (Wildman–Crippen MR) is 46.5 cm³/mol. The van der Waals surface area contributed by atoms with E-state index in [-0.39, 0.29) is 16.3 Å². The Morgan fingerprint density at radius 2 is 1.83 bits per heavy atom. The van der Waals surface area contributed by atoms with E-state index in [1.54, 1.807) is 6.92 Å². The average molecular weight is 206 g/mol. The van der Waals surface area contributed by atoms with Gasteiger partial charge in [0.1, 0.15) is 10.3 Å². The number of rotatable bonds is 2. The summed E-state index contributed by atoms with van der Waals surface area (Å²) in [5.74, 6) is 0.102. The maximum atomic E-state index is 10.0. The molecule has 1 amide bonds. The molecule has 1 aromatic rings. The number of hydrogen-bond acceptors (Lipinski definition) is 3. The summed E-state index contributed by atoms with van der Waals surface area (Å²) in [6, 6.07) is 0. The highest BCUT2D eigenvalue weighted by atomic mass is 35.5. The summed E-state index contributed by atoms with van der Waals surface area (Å²) in [5, 5.41) is 2.72. The molecule has 0 aliphatic rings. The van der Waals surface area contributed by atoms with Gasteiger partial charge >= 0.3 is 0 Å². The lowest BCUT2D eigenvalue weighted by atomic mass is 10.4. The normalized spacial score (nSPS) is 9.58. The first-order valence-corrected chi connectivity index (χ1v) is 3.80. The summed E-state index contributed by atoms with van der Waals surface area (Å²) >= 11 is 11.3. The van der Waals surface area contributed by atoms with E-state index < -0.39 is 0 Å². The number of amides is 1. The van der Waals surface area contributed by atoms with Crippen LogP contribution in [0.4, 0.5) is 5.95 Å². The van der Waals surface area contributed by atoms with Gasteiger partial charge in [-0.2, -0.15) is 0 Å². The summed E-state index contributed by atoms with van der Waals surface area (Å²) in [7, 11) is 0. The van der Waals surface area contributed by atoms with Crippen molar-refractivity contribution in [1.29, 1.82) is 0 Å². The first-order chi connectivity index (χ1) is 5.65. The van der Waals surface area contributed by atoms with E-state index in [2.05, 4.69) is 15.3 Å². The Balaban J connectivity index is 3.11. The van der Waals surface area contributed by atoms with Gasteiger partial charge in [0.15, 0.2) is 0 Å². The van der Waals surface area contributed by atoms with Crippen molar-refractivity contribution in [2.45, 2.75) is 6.92 Å². The number of nitrogens with zero attached hydrogens (tertiary/aromatic N) is 2. The van der Waals surface area contributed by atoms with Crippen molar-refractivity contribution in [2.24, 2.45) is 0 Å². The van der Waals surface area contributed by atoms with Gasteiger partial charge in [-0.3, -0.25) is 10.1 Å². The number of nitrogens with one attached hydrogen (secondary N) is 1. The Morgan fingerprint density at radius 1 is 1.33 bits per heavy atom. The van der Waals surface area contributed by atoms with Crippen LogP contribution in [0.15, 0.2) is 0 Å². The zero-order valence-electron chi connectivity index (χ0n) is 6.14. The molecule has 0 aliphatic carbocycles. The van der Waals surface area contributed by atoms with Gasteiger partial charge in [0, 0.05) is 5.56 Å². The quantitative estimate of drug-likeness (QED) is 0.591. The van der Waals surface area contributed by atoms with Crippen LogP contribution >= 0.6 is 23.2 Å². The number of carbonyl (C=O) groups excluding carboxylic acids is 1. The minimum Gasteiger partial charge on any atom is -0.297 e. The van der Waals surface area contributed by atoms with Crippen molar-refractivity contribution in [2.75, 3.05) is 5.32 Å². The van der Waals surface area contributed by atoms with E-state index in [1.165, 1.54) is 0 Å². The average Bonchev–Trinajstić information content (AvgIpc) is 2.01. The molecule has 0 unspecified atom stereocenters. The topological polar surface area (TPSA) is 54.9 Å². The van der Waals surface area contributed by atoms with E-state index in [4.69, 9.17) is 23.2 Å². The second kappa shape index (κ2) is 3.69. The van der Waals surface area contributed by atoms with Crippen LogP contribution in [0.1, 0.15) is 5.56 Å². The zero-order valence-corrected chi connectivity index (χ0v) is 7.65. The molecule has 64 valence electrons.